The molecule has 1 saturated carbocycles. The Morgan fingerprint density at radius 1 is 0.963 bits per heavy atom. The van der Waals surface area contributed by atoms with E-state index in [0.717, 1.165) is 11.3 Å². The summed E-state index contributed by atoms with van der Waals surface area (Å²) < 4.78 is 16.3. The zero-order chi connectivity index (χ0) is 19.2. The maximum Gasteiger partial charge on any atom is 0.338 e. The average Bonchev–Trinajstić information content (AvgIpc) is 2.72. The Balaban J connectivity index is 1.52. The fraction of sp³-hybridized carbons (Fsp3) is 0.381. The van der Waals surface area contributed by atoms with Crippen LogP contribution in [0.1, 0.15) is 28.8 Å². The maximum atomic E-state index is 12.2. The standard InChI is InChI=1S/C21H24O6/c1-25-16-9-7-14(8-10-16)13-26-17-11-12-18(20(23)19(17)22)27-21(24)15-5-3-2-4-6-15/h2-10,17-20,22-23H,11-13H2,1H3/t17-,18-,19+,20-/m0/s1. The quantitative estimate of drug-likeness (QED) is 0.757. The second-order valence-electron chi connectivity index (χ2n) is 6.57. The van der Waals surface area contributed by atoms with E-state index < -0.39 is 30.4 Å². The largest absolute Gasteiger partial charge is 0.497 e. The molecule has 4 atom stereocenters. The summed E-state index contributed by atoms with van der Waals surface area (Å²) >= 11 is 0. The van der Waals surface area contributed by atoms with Crippen LogP contribution in [0.5, 0.6) is 5.75 Å². The van der Waals surface area contributed by atoms with Crippen molar-refractivity contribution in [1.29, 1.82) is 0 Å². The van der Waals surface area contributed by atoms with Crippen LogP contribution < -0.4 is 4.74 Å². The van der Waals surface area contributed by atoms with Gasteiger partial charge in [0.2, 0.25) is 0 Å². The van der Waals surface area contributed by atoms with E-state index in [0.29, 0.717) is 25.0 Å². The van der Waals surface area contributed by atoms with Crippen LogP contribution in [0, 0.1) is 0 Å². The molecule has 2 aromatic carbocycles. The lowest BCUT2D eigenvalue weighted by Crippen LogP contribution is -2.51. The van der Waals surface area contributed by atoms with Crippen LogP contribution in [0.4, 0.5) is 0 Å². The average molecular weight is 372 g/mol. The smallest absolute Gasteiger partial charge is 0.338 e. The second kappa shape index (κ2) is 8.99. The highest BCUT2D eigenvalue weighted by molar-refractivity contribution is 5.89. The van der Waals surface area contributed by atoms with Gasteiger partial charge in [0, 0.05) is 0 Å². The molecule has 0 radical (unpaired) electrons. The molecule has 0 heterocycles. The van der Waals surface area contributed by atoms with E-state index in [4.69, 9.17) is 14.2 Å². The topological polar surface area (TPSA) is 85.2 Å². The van der Waals surface area contributed by atoms with Crippen LogP contribution in [-0.4, -0.2) is 47.7 Å². The number of methoxy groups -OCH3 is 1. The summed E-state index contributed by atoms with van der Waals surface area (Å²) in [4.78, 5) is 12.2. The fourth-order valence-electron chi connectivity index (χ4n) is 3.13. The third-order valence-corrected chi connectivity index (χ3v) is 4.74. The number of carbonyl (C=O) groups excluding carboxylic acids is 1. The van der Waals surface area contributed by atoms with Crippen molar-refractivity contribution in [3.8, 4) is 5.75 Å². The maximum absolute atomic E-state index is 12.2. The molecule has 1 fully saturated rings. The van der Waals surface area contributed by atoms with E-state index in [1.807, 2.05) is 24.3 Å². The van der Waals surface area contributed by atoms with Crippen molar-refractivity contribution in [3.05, 3.63) is 65.7 Å². The summed E-state index contributed by atoms with van der Waals surface area (Å²) in [6.07, 6.45) is -2.68. The molecule has 0 aliphatic heterocycles. The van der Waals surface area contributed by atoms with Gasteiger partial charge in [-0.15, -0.1) is 0 Å². The van der Waals surface area contributed by atoms with Crippen LogP contribution in [-0.2, 0) is 16.1 Å². The molecule has 3 rings (SSSR count). The first kappa shape index (κ1) is 19.4. The van der Waals surface area contributed by atoms with E-state index >= 15 is 0 Å². The van der Waals surface area contributed by atoms with Gasteiger partial charge in [0.15, 0.2) is 0 Å². The van der Waals surface area contributed by atoms with E-state index in [9.17, 15) is 15.0 Å². The minimum absolute atomic E-state index is 0.312. The van der Waals surface area contributed by atoms with Gasteiger partial charge in [0.1, 0.15) is 24.1 Å². The molecule has 6 heteroatoms. The fourth-order valence-corrected chi connectivity index (χ4v) is 3.13. The van der Waals surface area contributed by atoms with Gasteiger partial charge in [0.25, 0.3) is 0 Å². The van der Waals surface area contributed by atoms with Gasteiger partial charge < -0.3 is 24.4 Å². The number of rotatable bonds is 6. The van der Waals surface area contributed by atoms with Crippen molar-refractivity contribution in [1.82, 2.24) is 0 Å². The van der Waals surface area contributed by atoms with Crippen LogP contribution in [0.15, 0.2) is 54.6 Å². The molecule has 1 aliphatic carbocycles. The minimum Gasteiger partial charge on any atom is -0.497 e. The number of hydrogen-bond acceptors (Lipinski definition) is 6. The van der Waals surface area contributed by atoms with Gasteiger partial charge >= 0.3 is 5.97 Å². The molecule has 0 bridgehead atoms. The van der Waals surface area contributed by atoms with Crippen molar-refractivity contribution in [2.45, 2.75) is 43.9 Å². The first-order valence-electron chi connectivity index (χ1n) is 8.95. The molecular formula is C21H24O6. The van der Waals surface area contributed by atoms with Crippen LogP contribution in [0.3, 0.4) is 0 Å². The molecule has 1 aliphatic rings. The number of hydrogen-bond donors (Lipinski definition) is 2. The highest BCUT2D eigenvalue weighted by Crippen LogP contribution is 2.26. The zero-order valence-corrected chi connectivity index (χ0v) is 15.2. The van der Waals surface area contributed by atoms with Crippen LogP contribution >= 0.6 is 0 Å². The summed E-state index contributed by atoms with van der Waals surface area (Å²) in [5, 5.41) is 20.7. The van der Waals surface area contributed by atoms with Crippen molar-refractivity contribution < 1.29 is 29.2 Å². The van der Waals surface area contributed by atoms with Gasteiger partial charge in [-0.1, -0.05) is 30.3 Å². The Labute approximate surface area is 158 Å². The van der Waals surface area contributed by atoms with Gasteiger partial charge in [-0.05, 0) is 42.7 Å². The van der Waals surface area contributed by atoms with E-state index in [1.54, 1.807) is 37.4 Å². The van der Waals surface area contributed by atoms with Gasteiger partial charge in [0.05, 0.1) is 25.4 Å². The van der Waals surface area contributed by atoms with Crippen molar-refractivity contribution in [2.24, 2.45) is 0 Å². The van der Waals surface area contributed by atoms with E-state index in [-0.39, 0.29) is 0 Å². The van der Waals surface area contributed by atoms with Crippen LogP contribution in [0.25, 0.3) is 0 Å². The minimum atomic E-state index is -1.19. The third-order valence-electron chi connectivity index (χ3n) is 4.74. The molecule has 0 spiro atoms. The molecule has 144 valence electrons. The Morgan fingerprint density at radius 3 is 2.26 bits per heavy atom. The van der Waals surface area contributed by atoms with E-state index in [1.165, 1.54) is 0 Å². The summed E-state index contributed by atoms with van der Waals surface area (Å²) in [7, 11) is 1.60. The summed E-state index contributed by atoms with van der Waals surface area (Å²) in [6, 6.07) is 16.0. The Kier molecular flexibility index (Phi) is 6.45. The number of esters is 1. The summed E-state index contributed by atoms with van der Waals surface area (Å²) in [6.45, 7) is 0.312. The predicted octanol–water partition coefficient (Wildman–Crippen LogP) is 2.32. The van der Waals surface area contributed by atoms with Crippen molar-refractivity contribution >= 4 is 5.97 Å². The molecule has 2 N–H and O–H groups in total. The molecule has 0 amide bonds. The Hall–Kier alpha value is -2.41. The second-order valence-corrected chi connectivity index (χ2v) is 6.57. The lowest BCUT2D eigenvalue weighted by atomic mass is 9.89. The van der Waals surface area contributed by atoms with Crippen molar-refractivity contribution in [2.75, 3.05) is 7.11 Å². The number of carbonyl (C=O) groups is 1. The normalized spacial score (nSPS) is 25.0. The first-order chi connectivity index (χ1) is 13.1. The van der Waals surface area contributed by atoms with Gasteiger partial charge in [-0.25, -0.2) is 4.79 Å². The summed E-state index contributed by atoms with van der Waals surface area (Å²) in [5.74, 6) is 0.249. The number of aliphatic hydroxyl groups is 2. The third kappa shape index (κ3) is 4.86. The molecule has 27 heavy (non-hydrogen) atoms. The number of ether oxygens (including phenoxy) is 3. The SMILES string of the molecule is COc1ccc(CO[C@H]2CC[C@H](OC(=O)c3ccccc3)[C@H](O)[C@@H]2O)cc1. The highest BCUT2D eigenvalue weighted by Gasteiger charge is 2.40. The Bertz CT molecular complexity index is 730. The van der Waals surface area contributed by atoms with Gasteiger partial charge in [-0.3, -0.25) is 0 Å². The molecular weight excluding hydrogens is 348 g/mol. The summed E-state index contributed by atoms with van der Waals surface area (Å²) in [5.41, 5.74) is 1.35. The molecule has 0 saturated heterocycles. The number of aliphatic hydroxyl groups excluding tert-OH is 2. The molecule has 0 unspecified atom stereocenters. The monoisotopic (exact) mass is 372 g/mol. The molecule has 2 aromatic rings. The van der Waals surface area contributed by atoms with E-state index in [2.05, 4.69) is 0 Å². The lowest BCUT2D eigenvalue weighted by Gasteiger charge is -2.36. The van der Waals surface area contributed by atoms with Gasteiger partial charge in [-0.2, -0.15) is 0 Å². The van der Waals surface area contributed by atoms with Crippen molar-refractivity contribution in [3.63, 3.8) is 0 Å². The zero-order valence-electron chi connectivity index (χ0n) is 15.2. The molecule has 0 aromatic heterocycles. The van der Waals surface area contributed by atoms with Crippen LogP contribution in [0.2, 0.25) is 0 Å². The molecule has 6 nitrogen and oxygen atoms in total. The number of benzene rings is 2. The predicted molar refractivity (Wildman–Crippen MR) is 98.5 cm³/mol. The highest BCUT2D eigenvalue weighted by atomic mass is 16.6. The first-order valence-corrected chi connectivity index (χ1v) is 8.95. The Morgan fingerprint density at radius 2 is 1.59 bits per heavy atom. The lowest BCUT2D eigenvalue weighted by molar-refractivity contribution is -0.158.